The Balaban J connectivity index is 2.45. The van der Waals surface area contributed by atoms with Gasteiger partial charge >= 0.3 is 11.9 Å². The van der Waals surface area contributed by atoms with Crippen LogP contribution in [0.5, 0.6) is 0 Å². The standard InChI is InChI=1S/C20H18O6S/c1-3-17(21)15-9-11(5-7-13(15)19(23)24)27-12-6-8-14(20(25)26)16(10-12)18(22)4-2/h5-10H,3-4H2,1-2H3,(H,23,24)(H,25,26). The van der Waals surface area contributed by atoms with Gasteiger partial charge in [0.2, 0.25) is 0 Å². The summed E-state index contributed by atoms with van der Waals surface area (Å²) in [7, 11) is 0. The summed E-state index contributed by atoms with van der Waals surface area (Å²) in [6, 6.07) is 8.91. The highest BCUT2D eigenvalue weighted by Gasteiger charge is 2.18. The van der Waals surface area contributed by atoms with Crippen LogP contribution in [0.15, 0.2) is 46.2 Å². The van der Waals surface area contributed by atoms with E-state index < -0.39 is 11.9 Å². The van der Waals surface area contributed by atoms with E-state index in [4.69, 9.17) is 0 Å². The fraction of sp³-hybridized carbons (Fsp3) is 0.200. The van der Waals surface area contributed by atoms with E-state index in [-0.39, 0.29) is 46.7 Å². The number of hydrogen-bond donors (Lipinski definition) is 2. The van der Waals surface area contributed by atoms with Crippen LogP contribution in [0.1, 0.15) is 68.1 Å². The highest BCUT2D eigenvalue weighted by atomic mass is 32.2. The first-order valence-corrected chi connectivity index (χ1v) is 9.09. The average Bonchev–Trinajstić information content (AvgIpc) is 2.66. The van der Waals surface area contributed by atoms with Gasteiger partial charge in [0.1, 0.15) is 0 Å². The number of Topliss-reactive ketones (excluding diaryl/α,β-unsaturated/α-hetero) is 2. The summed E-state index contributed by atoms with van der Waals surface area (Å²) in [5.74, 6) is -2.91. The van der Waals surface area contributed by atoms with E-state index >= 15 is 0 Å². The molecule has 0 saturated carbocycles. The Bertz CT molecular complexity index is 857. The van der Waals surface area contributed by atoms with E-state index in [9.17, 15) is 29.4 Å². The third kappa shape index (κ3) is 4.62. The number of carbonyl (C=O) groups is 4. The molecular formula is C20H18O6S. The van der Waals surface area contributed by atoms with E-state index in [1.54, 1.807) is 26.0 Å². The molecule has 7 heteroatoms. The Kier molecular flexibility index (Phi) is 6.52. The summed E-state index contributed by atoms with van der Waals surface area (Å²) in [6.07, 6.45) is 0.355. The van der Waals surface area contributed by atoms with Crippen molar-refractivity contribution in [1.29, 1.82) is 0 Å². The van der Waals surface area contributed by atoms with Gasteiger partial charge in [0.25, 0.3) is 0 Å². The van der Waals surface area contributed by atoms with Crippen LogP contribution in [0.4, 0.5) is 0 Å². The van der Waals surface area contributed by atoms with Crippen LogP contribution in [0, 0.1) is 0 Å². The summed E-state index contributed by atoms with van der Waals surface area (Å²) in [5.41, 5.74) is 0.132. The van der Waals surface area contributed by atoms with Gasteiger partial charge in [0.05, 0.1) is 11.1 Å². The molecule has 0 amide bonds. The van der Waals surface area contributed by atoms with E-state index in [2.05, 4.69) is 0 Å². The molecule has 0 atom stereocenters. The Labute approximate surface area is 160 Å². The zero-order valence-electron chi connectivity index (χ0n) is 14.8. The number of aromatic carboxylic acids is 2. The first-order valence-electron chi connectivity index (χ1n) is 8.27. The van der Waals surface area contributed by atoms with Crippen LogP contribution in [-0.4, -0.2) is 33.7 Å². The molecule has 140 valence electrons. The summed E-state index contributed by atoms with van der Waals surface area (Å²) < 4.78 is 0. The Morgan fingerprint density at radius 3 is 1.37 bits per heavy atom. The second kappa shape index (κ2) is 8.64. The summed E-state index contributed by atoms with van der Waals surface area (Å²) in [5, 5.41) is 18.5. The van der Waals surface area contributed by atoms with Crippen molar-refractivity contribution in [3.63, 3.8) is 0 Å². The molecular weight excluding hydrogens is 368 g/mol. The lowest BCUT2D eigenvalue weighted by Crippen LogP contribution is -2.08. The highest BCUT2D eigenvalue weighted by molar-refractivity contribution is 7.99. The number of hydrogen-bond acceptors (Lipinski definition) is 5. The van der Waals surface area contributed by atoms with Gasteiger partial charge in [-0.25, -0.2) is 9.59 Å². The molecule has 27 heavy (non-hydrogen) atoms. The quantitative estimate of drug-likeness (QED) is 0.646. The lowest BCUT2D eigenvalue weighted by atomic mass is 10.0. The maximum absolute atomic E-state index is 12.1. The molecule has 2 rings (SSSR count). The van der Waals surface area contributed by atoms with Crippen molar-refractivity contribution >= 4 is 35.3 Å². The molecule has 2 aromatic rings. The van der Waals surface area contributed by atoms with E-state index in [1.807, 2.05) is 0 Å². The molecule has 6 nitrogen and oxygen atoms in total. The molecule has 0 saturated heterocycles. The number of benzene rings is 2. The van der Waals surface area contributed by atoms with Crippen molar-refractivity contribution in [2.45, 2.75) is 36.5 Å². The Morgan fingerprint density at radius 1 is 0.704 bits per heavy atom. The minimum Gasteiger partial charge on any atom is -0.478 e. The first-order chi connectivity index (χ1) is 12.8. The van der Waals surface area contributed by atoms with Gasteiger partial charge in [-0.15, -0.1) is 0 Å². The highest BCUT2D eigenvalue weighted by Crippen LogP contribution is 2.31. The normalized spacial score (nSPS) is 10.4. The van der Waals surface area contributed by atoms with Gasteiger partial charge in [-0.3, -0.25) is 9.59 Å². The molecule has 0 aromatic heterocycles. The molecule has 0 aliphatic rings. The zero-order valence-corrected chi connectivity index (χ0v) is 15.6. The summed E-state index contributed by atoms with van der Waals surface area (Å²) in [4.78, 5) is 48.0. The van der Waals surface area contributed by atoms with Gasteiger partial charge in [-0.05, 0) is 36.4 Å². The molecule has 2 aromatic carbocycles. The van der Waals surface area contributed by atoms with Gasteiger partial charge in [-0.2, -0.15) is 0 Å². The average molecular weight is 386 g/mol. The fourth-order valence-corrected chi connectivity index (χ4v) is 3.42. The van der Waals surface area contributed by atoms with E-state index in [0.717, 1.165) is 0 Å². The number of rotatable bonds is 8. The maximum atomic E-state index is 12.1. The molecule has 0 spiro atoms. The number of carbonyl (C=O) groups excluding carboxylic acids is 2. The lowest BCUT2D eigenvalue weighted by molar-refractivity contribution is 0.0683. The summed E-state index contributed by atoms with van der Waals surface area (Å²) >= 11 is 1.22. The second-order valence-corrected chi connectivity index (χ2v) is 6.83. The van der Waals surface area contributed by atoms with Crippen LogP contribution in [0.25, 0.3) is 0 Å². The lowest BCUT2D eigenvalue weighted by Gasteiger charge is -2.10. The predicted octanol–water partition coefficient (Wildman–Crippen LogP) is 4.42. The molecule has 0 bridgehead atoms. The van der Waals surface area contributed by atoms with Crippen molar-refractivity contribution in [3.05, 3.63) is 58.7 Å². The Morgan fingerprint density at radius 2 is 1.07 bits per heavy atom. The van der Waals surface area contributed by atoms with Gasteiger partial charge in [0.15, 0.2) is 11.6 Å². The topological polar surface area (TPSA) is 109 Å². The third-order valence-corrected chi connectivity index (χ3v) is 4.90. The van der Waals surface area contributed by atoms with Gasteiger partial charge in [-0.1, -0.05) is 25.6 Å². The largest absolute Gasteiger partial charge is 0.478 e. The van der Waals surface area contributed by atoms with Crippen LogP contribution in [0.3, 0.4) is 0 Å². The molecule has 0 aliphatic heterocycles. The number of carboxylic acid groups (broad SMARTS) is 2. The number of ketones is 2. The van der Waals surface area contributed by atoms with Crippen molar-refractivity contribution in [1.82, 2.24) is 0 Å². The molecule has 0 aliphatic carbocycles. The van der Waals surface area contributed by atoms with Crippen molar-refractivity contribution in [3.8, 4) is 0 Å². The van der Waals surface area contributed by atoms with Crippen LogP contribution >= 0.6 is 11.8 Å². The fourth-order valence-electron chi connectivity index (χ4n) is 2.53. The molecule has 0 radical (unpaired) electrons. The molecule has 2 N–H and O–H groups in total. The molecule has 0 fully saturated rings. The third-order valence-electron chi connectivity index (χ3n) is 3.92. The minimum atomic E-state index is -1.18. The maximum Gasteiger partial charge on any atom is 0.336 e. The Hall–Kier alpha value is -2.93. The predicted molar refractivity (Wildman–Crippen MR) is 100 cm³/mol. The van der Waals surface area contributed by atoms with Crippen molar-refractivity contribution in [2.75, 3.05) is 0 Å². The SMILES string of the molecule is CCC(=O)c1cc(Sc2ccc(C(=O)O)c(C(=O)CC)c2)ccc1C(=O)O. The van der Waals surface area contributed by atoms with Crippen molar-refractivity contribution < 1.29 is 29.4 Å². The van der Waals surface area contributed by atoms with E-state index in [0.29, 0.717) is 9.79 Å². The molecule has 0 unspecified atom stereocenters. The van der Waals surface area contributed by atoms with E-state index in [1.165, 1.54) is 36.0 Å². The zero-order chi connectivity index (χ0) is 20.1. The van der Waals surface area contributed by atoms with Crippen molar-refractivity contribution in [2.24, 2.45) is 0 Å². The van der Waals surface area contributed by atoms with Crippen LogP contribution in [0.2, 0.25) is 0 Å². The van der Waals surface area contributed by atoms with Crippen LogP contribution < -0.4 is 0 Å². The molecule has 0 heterocycles. The number of carboxylic acids is 2. The monoisotopic (exact) mass is 386 g/mol. The minimum absolute atomic E-state index is 0.0609. The van der Waals surface area contributed by atoms with Crippen LogP contribution in [-0.2, 0) is 0 Å². The van der Waals surface area contributed by atoms with Gasteiger partial charge in [0, 0.05) is 33.8 Å². The summed E-state index contributed by atoms with van der Waals surface area (Å²) in [6.45, 7) is 3.31. The smallest absolute Gasteiger partial charge is 0.336 e. The second-order valence-electron chi connectivity index (χ2n) is 5.68. The first kappa shape index (κ1) is 20.4. The van der Waals surface area contributed by atoms with Gasteiger partial charge < -0.3 is 10.2 Å².